The summed E-state index contributed by atoms with van der Waals surface area (Å²) in [5.41, 5.74) is 0. The molecular formula is C10H11FN2O2S2. The molecule has 4 nitrogen and oxygen atoms in total. The SMILES string of the molecule is C=CCNC(=S)NS(=O)(=O)c1ccc(F)cc1. The van der Waals surface area contributed by atoms with E-state index in [1.54, 1.807) is 6.08 Å². The van der Waals surface area contributed by atoms with Crippen LogP contribution in [0.1, 0.15) is 0 Å². The van der Waals surface area contributed by atoms with E-state index in [4.69, 9.17) is 12.2 Å². The predicted molar refractivity (Wildman–Crippen MR) is 67.5 cm³/mol. The fraction of sp³-hybridized carbons (Fsp3) is 0.100. The molecule has 17 heavy (non-hydrogen) atoms. The number of nitrogens with one attached hydrogen (secondary N) is 2. The molecular weight excluding hydrogens is 263 g/mol. The summed E-state index contributed by atoms with van der Waals surface area (Å²) in [4.78, 5) is -0.0540. The molecule has 7 heteroatoms. The number of thiocarbonyl (C=S) groups is 1. The van der Waals surface area contributed by atoms with Crippen LogP contribution in [-0.2, 0) is 10.0 Å². The van der Waals surface area contributed by atoms with Crippen molar-refractivity contribution in [3.8, 4) is 0 Å². The number of sulfonamides is 1. The second-order valence-electron chi connectivity index (χ2n) is 3.06. The Bertz CT molecular complexity index is 512. The van der Waals surface area contributed by atoms with Gasteiger partial charge in [-0.1, -0.05) is 6.08 Å². The minimum absolute atomic E-state index is 0.0331. The first-order valence-corrected chi connectivity index (χ1v) is 6.52. The summed E-state index contributed by atoms with van der Waals surface area (Å²) in [5.74, 6) is -0.503. The van der Waals surface area contributed by atoms with Crippen LogP contribution < -0.4 is 10.0 Å². The van der Waals surface area contributed by atoms with Crippen LogP contribution in [0, 0.1) is 5.82 Å². The second kappa shape index (κ2) is 5.74. The Hall–Kier alpha value is -1.47. The van der Waals surface area contributed by atoms with E-state index in [-0.39, 0.29) is 10.0 Å². The maximum Gasteiger partial charge on any atom is 0.263 e. The zero-order valence-corrected chi connectivity index (χ0v) is 10.4. The molecule has 0 saturated carbocycles. The van der Waals surface area contributed by atoms with Gasteiger partial charge in [0, 0.05) is 6.54 Å². The zero-order chi connectivity index (χ0) is 12.9. The van der Waals surface area contributed by atoms with Gasteiger partial charge in [-0.2, -0.15) is 0 Å². The normalized spacial score (nSPS) is 10.6. The molecule has 0 aromatic heterocycles. The summed E-state index contributed by atoms with van der Waals surface area (Å²) in [6.07, 6.45) is 1.54. The topological polar surface area (TPSA) is 58.2 Å². The van der Waals surface area contributed by atoms with Crippen molar-refractivity contribution in [3.05, 3.63) is 42.7 Å². The van der Waals surface area contributed by atoms with Gasteiger partial charge in [-0.15, -0.1) is 6.58 Å². The number of halogens is 1. The molecule has 0 unspecified atom stereocenters. The molecule has 0 aliphatic heterocycles. The lowest BCUT2D eigenvalue weighted by atomic mass is 10.4. The van der Waals surface area contributed by atoms with Gasteiger partial charge in [0.25, 0.3) is 10.0 Å². The average Bonchev–Trinajstić information content (AvgIpc) is 2.26. The minimum Gasteiger partial charge on any atom is -0.358 e. The number of rotatable bonds is 4. The van der Waals surface area contributed by atoms with Crippen molar-refractivity contribution in [2.45, 2.75) is 4.90 Å². The summed E-state index contributed by atoms with van der Waals surface area (Å²) < 4.78 is 38.2. The van der Waals surface area contributed by atoms with Crippen molar-refractivity contribution < 1.29 is 12.8 Å². The zero-order valence-electron chi connectivity index (χ0n) is 8.81. The molecule has 1 rings (SSSR count). The van der Waals surface area contributed by atoms with Crippen LogP contribution in [-0.4, -0.2) is 20.1 Å². The lowest BCUT2D eigenvalue weighted by Crippen LogP contribution is -2.39. The van der Waals surface area contributed by atoms with Gasteiger partial charge in [-0.3, -0.25) is 4.72 Å². The first kappa shape index (κ1) is 13.6. The smallest absolute Gasteiger partial charge is 0.263 e. The first-order chi connectivity index (χ1) is 7.95. The average molecular weight is 274 g/mol. The Balaban J connectivity index is 2.78. The molecule has 0 aliphatic rings. The van der Waals surface area contributed by atoms with Crippen LogP contribution in [0.15, 0.2) is 41.8 Å². The van der Waals surface area contributed by atoms with Gasteiger partial charge in [0.05, 0.1) is 4.90 Å². The molecule has 0 heterocycles. The van der Waals surface area contributed by atoms with Crippen molar-refractivity contribution in [1.29, 1.82) is 0 Å². The van der Waals surface area contributed by atoms with Crippen LogP contribution in [0.25, 0.3) is 0 Å². The fourth-order valence-electron chi connectivity index (χ4n) is 0.996. The Morgan fingerprint density at radius 3 is 2.53 bits per heavy atom. The highest BCUT2D eigenvalue weighted by Crippen LogP contribution is 2.09. The first-order valence-electron chi connectivity index (χ1n) is 4.63. The maximum atomic E-state index is 12.6. The van der Waals surface area contributed by atoms with E-state index in [1.165, 1.54) is 0 Å². The van der Waals surface area contributed by atoms with E-state index in [1.807, 2.05) is 0 Å². The van der Waals surface area contributed by atoms with Gasteiger partial charge < -0.3 is 5.32 Å². The molecule has 0 spiro atoms. The molecule has 0 fully saturated rings. The monoisotopic (exact) mass is 274 g/mol. The van der Waals surface area contributed by atoms with Gasteiger partial charge in [-0.05, 0) is 36.5 Å². The molecule has 0 aliphatic carbocycles. The number of hydrogen-bond acceptors (Lipinski definition) is 3. The maximum absolute atomic E-state index is 12.6. The number of hydrogen-bond donors (Lipinski definition) is 2. The number of benzene rings is 1. The molecule has 0 saturated heterocycles. The summed E-state index contributed by atoms with van der Waals surface area (Å²) in [6, 6.07) is 4.45. The Labute approximate surface area is 105 Å². The van der Waals surface area contributed by atoms with Crippen LogP contribution in [0.2, 0.25) is 0 Å². The molecule has 0 amide bonds. The summed E-state index contributed by atoms with van der Waals surface area (Å²) in [5, 5.41) is 2.59. The predicted octanol–water partition coefficient (Wildman–Crippen LogP) is 1.16. The molecule has 1 aromatic carbocycles. The molecule has 0 atom stereocenters. The van der Waals surface area contributed by atoms with Crippen LogP contribution in [0.4, 0.5) is 4.39 Å². The standard InChI is InChI=1S/C10H11FN2O2S2/c1-2-7-12-10(16)13-17(14,15)9-5-3-8(11)4-6-9/h2-6H,1,7H2,(H2,12,13,16). The van der Waals surface area contributed by atoms with Crippen molar-refractivity contribution in [2.75, 3.05) is 6.54 Å². The highest BCUT2D eigenvalue weighted by molar-refractivity contribution is 7.91. The Morgan fingerprint density at radius 1 is 1.41 bits per heavy atom. The summed E-state index contributed by atoms with van der Waals surface area (Å²) >= 11 is 4.77. The Morgan fingerprint density at radius 2 is 2.00 bits per heavy atom. The highest BCUT2D eigenvalue weighted by Gasteiger charge is 2.14. The van der Waals surface area contributed by atoms with E-state index in [2.05, 4.69) is 16.6 Å². The lowest BCUT2D eigenvalue weighted by Gasteiger charge is -2.09. The van der Waals surface area contributed by atoms with E-state index in [0.717, 1.165) is 24.3 Å². The van der Waals surface area contributed by atoms with Crippen LogP contribution in [0.3, 0.4) is 0 Å². The van der Waals surface area contributed by atoms with Crippen molar-refractivity contribution in [1.82, 2.24) is 10.0 Å². The third kappa shape index (κ3) is 4.12. The third-order valence-electron chi connectivity index (χ3n) is 1.76. The van der Waals surface area contributed by atoms with E-state index in [9.17, 15) is 12.8 Å². The fourth-order valence-corrected chi connectivity index (χ4v) is 2.34. The van der Waals surface area contributed by atoms with Gasteiger partial charge in [0.1, 0.15) is 5.82 Å². The van der Waals surface area contributed by atoms with Gasteiger partial charge >= 0.3 is 0 Å². The van der Waals surface area contributed by atoms with Crippen LogP contribution in [0.5, 0.6) is 0 Å². The molecule has 92 valence electrons. The van der Waals surface area contributed by atoms with Crippen LogP contribution >= 0.6 is 12.2 Å². The molecule has 0 bridgehead atoms. The molecule has 2 N–H and O–H groups in total. The highest BCUT2D eigenvalue weighted by atomic mass is 32.2. The van der Waals surface area contributed by atoms with Crippen molar-refractivity contribution >= 4 is 27.4 Å². The lowest BCUT2D eigenvalue weighted by molar-refractivity contribution is 0.591. The quantitative estimate of drug-likeness (QED) is 0.639. The van der Waals surface area contributed by atoms with E-state index in [0.29, 0.717) is 6.54 Å². The third-order valence-corrected chi connectivity index (χ3v) is 3.50. The summed E-state index contributed by atoms with van der Waals surface area (Å²) in [6.45, 7) is 3.81. The Kier molecular flexibility index (Phi) is 4.59. The molecule has 0 radical (unpaired) electrons. The molecule has 1 aromatic rings. The van der Waals surface area contributed by atoms with Crippen molar-refractivity contribution in [2.24, 2.45) is 0 Å². The largest absolute Gasteiger partial charge is 0.358 e. The van der Waals surface area contributed by atoms with E-state index < -0.39 is 15.8 Å². The van der Waals surface area contributed by atoms with Crippen molar-refractivity contribution in [3.63, 3.8) is 0 Å². The van der Waals surface area contributed by atoms with E-state index >= 15 is 0 Å². The van der Waals surface area contributed by atoms with Gasteiger partial charge in [-0.25, -0.2) is 12.8 Å². The second-order valence-corrected chi connectivity index (χ2v) is 5.15. The minimum atomic E-state index is -3.76. The summed E-state index contributed by atoms with van der Waals surface area (Å²) in [7, 11) is -3.76. The van der Waals surface area contributed by atoms with Gasteiger partial charge in [0.2, 0.25) is 0 Å². The van der Waals surface area contributed by atoms with Gasteiger partial charge in [0.15, 0.2) is 5.11 Å².